The molecule has 70 valence electrons. The molecular weight excluding hydrogens is 170 g/mol. The fourth-order valence-electron chi connectivity index (χ4n) is 0.971. The van der Waals surface area contributed by atoms with Crippen molar-refractivity contribution in [3.63, 3.8) is 0 Å². The number of carboxylic acid groups (broad SMARTS) is 1. The Kier molecular flexibility index (Phi) is 3.28. The summed E-state index contributed by atoms with van der Waals surface area (Å²) in [7, 11) is 0. The van der Waals surface area contributed by atoms with E-state index in [-0.39, 0.29) is 5.76 Å². The van der Waals surface area contributed by atoms with Gasteiger partial charge in [-0.15, -0.1) is 6.58 Å². The molecule has 0 bridgehead atoms. The highest BCUT2D eigenvalue weighted by molar-refractivity contribution is 5.86. The summed E-state index contributed by atoms with van der Waals surface area (Å²) in [6.45, 7) is 4.65. The molecule has 0 aliphatic heterocycles. The number of carboxylic acids is 1. The fraction of sp³-hybridized carbons (Fsp3) is 0.222. The minimum Gasteiger partial charge on any atom is -0.475 e. The zero-order valence-corrected chi connectivity index (χ0v) is 7.12. The van der Waals surface area contributed by atoms with E-state index in [9.17, 15) is 4.79 Å². The number of hydrogen-bond donors (Lipinski definition) is 2. The van der Waals surface area contributed by atoms with Gasteiger partial charge in [0.05, 0.1) is 6.26 Å². The molecule has 0 saturated carbocycles. The molecule has 0 amide bonds. The predicted octanol–water partition coefficient (Wildman–Crippen LogP) is 1.25. The number of aromatic carboxylic acids is 1. The zero-order valence-electron chi connectivity index (χ0n) is 7.12. The standard InChI is InChI=1S/C9H11NO3/c1-2-4-10-6-7-3-5-13-8(7)9(11)12/h2-3,5,10H,1,4,6H2,(H,11,12). The van der Waals surface area contributed by atoms with Crippen LogP contribution in [0.5, 0.6) is 0 Å². The van der Waals surface area contributed by atoms with Gasteiger partial charge in [0.15, 0.2) is 0 Å². The first-order valence-corrected chi connectivity index (χ1v) is 3.87. The third-order valence-electron chi connectivity index (χ3n) is 1.55. The molecule has 0 aromatic carbocycles. The van der Waals surface area contributed by atoms with Gasteiger partial charge in [-0.25, -0.2) is 4.79 Å². The largest absolute Gasteiger partial charge is 0.475 e. The van der Waals surface area contributed by atoms with Gasteiger partial charge in [0.2, 0.25) is 5.76 Å². The van der Waals surface area contributed by atoms with E-state index in [4.69, 9.17) is 9.52 Å². The molecule has 0 aliphatic carbocycles. The van der Waals surface area contributed by atoms with Crippen LogP contribution >= 0.6 is 0 Å². The summed E-state index contributed by atoms with van der Waals surface area (Å²) >= 11 is 0. The van der Waals surface area contributed by atoms with Crippen LogP contribution in [0.1, 0.15) is 16.1 Å². The summed E-state index contributed by atoms with van der Waals surface area (Å²) in [5.74, 6) is -1.04. The normalized spacial score (nSPS) is 9.85. The van der Waals surface area contributed by atoms with E-state index in [0.717, 1.165) is 0 Å². The van der Waals surface area contributed by atoms with E-state index in [1.807, 2.05) is 0 Å². The van der Waals surface area contributed by atoms with Crippen molar-refractivity contribution in [2.24, 2.45) is 0 Å². The van der Waals surface area contributed by atoms with E-state index >= 15 is 0 Å². The Morgan fingerprint density at radius 3 is 3.15 bits per heavy atom. The summed E-state index contributed by atoms with van der Waals surface area (Å²) < 4.78 is 4.79. The first-order chi connectivity index (χ1) is 6.25. The van der Waals surface area contributed by atoms with Gasteiger partial charge in [-0.05, 0) is 6.07 Å². The Hall–Kier alpha value is -1.55. The Morgan fingerprint density at radius 1 is 1.77 bits per heavy atom. The first-order valence-electron chi connectivity index (χ1n) is 3.87. The monoisotopic (exact) mass is 181 g/mol. The van der Waals surface area contributed by atoms with Gasteiger partial charge in [0.25, 0.3) is 0 Å². The van der Waals surface area contributed by atoms with Crippen molar-refractivity contribution in [2.75, 3.05) is 6.54 Å². The van der Waals surface area contributed by atoms with Crippen LogP contribution in [0.25, 0.3) is 0 Å². The lowest BCUT2D eigenvalue weighted by molar-refractivity contribution is 0.0660. The van der Waals surface area contributed by atoms with Gasteiger partial charge in [0, 0.05) is 18.7 Å². The van der Waals surface area contributed by atoms with Crippen molar-refractivity contribution in [1.29, 1.82) is 0 Å². The molecule has 4 nitrogen and oxygen atoms in total. The van der Waals surface area contributed by atoms with E-state index < -0.39 is 5.97 Å². The molecule has 13 heavy (non-hydrogen) atoms. The molecule has 0 radical (unpaired) electrons. The highest BCUT2D eigenvalue weighted by Gasteiger charge is 2.12. The smallest absolute Gasteiger partial charge is 0.372 e. The molecule has 4 heteroatoms. The molecule has 1 heterocycles. The van der Waals surface area contributed by atoms with Gasteiger partial charge in [0.1, 0.15) is 0 Å². The molecule has 0 fully saturated rings. The quantitative estimate of drug-likeness (QED) is 0.530. The summed E-state index contributed by atoms with van der Waals surface area (Å²) in [5, 5.41) is 11.7. The number of furan rings is 1. The minimum atomic E-state index is -1.04. The van der Waals surface area contributed by atoms with E-state index in [2.05, 4.69) is 11.9 Å². The molecule has 2 N–H and O–H groups in total. The molecule has 0 aliphatic rings. The van der Waals surface area contributed by atoms with Crippen molar-refractivity contribution in [3.05, 3.63) is 36.3 Å². The van der Waals surface area contributed by atoms with Crippen molar-refractivity contribution in [1.82, 2.24) is 5.32 Å². The lowest BCUT2D eigenvalue weighted by Crippen LogP contribution is -2.14. The van der Waals surface area contributed by atoms with Crippen LogP contribution in [0.3, 0.4) is 0 Å². The number of rotatable bonds is 5. The third kappa shape index (κ3) is 2.45. The Bertz CT molecular complexity index is 304. The van der Waals surface area contributed by atoms with E-state index in [1.165, 1.54) is 6.26 Å². The van der Waals surface area contributed by atoms with Crippen LogP contribution in [0.2, 0.25) is 0 Å². The summed E-state index contributed by atoms with van der Waals surface area (Å²) in [6, 6.07) is 1.64. The molecule has 0 atom stereocenters. The Balaban J connectivity index is 2.60. The summed E-state index contributed by atoms with van der Waals surface area (Å²) in [5.41, 5.74) is 0.648. The molecule has 1 rings (SSSR count). The summed E-state index contributed by atoms with van der Waals surface area (Å²) in [4.78, 5) is 10.6. The Morgan fingerprint density at radius 2 is 2.54 bits per heavy atom. The molecule has 1 aromatic rings. The second kappa shape index (κ2) is 4.47. The SMILES string of the molecule is C=CCNCc1ccoc1C(=O)O. The minimum absolute atomic E-state index is 0.00318. The maximum atomic E-state index is 10.6. The van der Waals surface area contributed by atoms with Crippen LogP contribution in [0, 0.1) is 0 Å². The maximum Gasteiger partial charge on any atom is 0.372 e. The van der Waals surface area contributed by atoms with Gasteiger partial charge < -0.3 is 14.8 Å². The van der Waals surface area contributed by atoms with Crippen molar-refractivity contribution >= 4 is 5.97 Å². The second-order valence-electron chi connectivity index (χ2n) is 2.50. The second-order valence-corrected chi connectivity index (χ2v) is 2.50. The molecule has 0 spiro atoms. The lowest BCUT2D eigenvalue weighted by atomic mass is 10.2. The number of hydrogen-bond acceptors (Lipinski definition) is 3. The average molecular weight is 181 g/mol. The van der Waals surface area contributed by atoms with Gasteiger partial charge in [-0.2, -0.15) is 0 Å². The van der Waals surface area contributed by atoms with Crippen molar-refractivity contribution < 1.29 is 14.3 Å². The highest BCUT2D eigenvalue weighted by atomic mass is 16.4. The highest BCUT2D eigenvalue weighted by Crippen LogP contribution is 2.09. The van der Waals surface area contributed by atoms with Crippen molar-refractivity contribution in [2.45, 2.75) is 6.54 Å². The first kappa shape index (κ1) is 9.54. The Labute approximate surface area is 75.9 Å². The molecular formula is C9H11NO3. The molecule has 0 unspecified atom stereocenters. The van der Waals surface area contributed by atoms with Crippen LogP contribution < -0.4 is 5.32 Å². The van der Waals surface area contributed by atoms with Crippen LogP contribution in [0.15, 0.2) is 29.4 Å². The average Bonchev–Trinajstić information content (AvgIpc) is 2.53. The van der Waals surface area contributed by atoms with E-state index in [0.29, 0.717) is 18.7 Å². The third-order valence-corrected chi connectivity index (χ3v) is 1.55. The van der Waals surface area contributed by atoms with Crippen LogP contribution in [-0.4, -0.2) is 17.6 Å². The predicted molar refractivity (Wildman–Crippen MR) is 47.6 cm³/mol. The fourth-order valence-corrected chi connectivity index (χ4v) is 0.971. The zero-order chi connectivity index (χ0) is 9.68. The summed E-state index contributed by atoms with van der Waals surface area (Å²) in [6.07, 6.45) is 3.08. The molecule has 0 saturated heterocycles. The lowest BCUT2D eigenvalue weighted by Gasteiger charge is -1.98. The van der Waals surface area contributed by atoms with Crippen LogP contribution in [-0.2, 0) is 6.54 Å². The number of carbonyl (C=O) groups is 1. The van der Waals surface area contributed by atoms with Gasteiger partial charge in [-0.3, -0.25) is 0 Å². The number of nitrogens with one attached hydrogen (secondary N) is 1. The van der Waals surface area contributed by atoms with Gasteiger partial charge >= 0.3 is 5.97 Å². The van der Waals surface area contributed by atoms with Gasteiger partial charge in [-0.1, -0.05) is 6.08 Å². The van der Waals surface area contributed by atoms with E-state index in [1.54, 1.807) is 12.1 Å². The van der Waals surface area contributed by atoms with Crippen LogP contribution in [0.4, 0.5) is 0 Å². The van der Waals surface area contributed by atoms with Crippen molar-refractivity contribution in [3.8, 4) is 0 Å². The topological polar surface area (TPSA) is 62.5 Å². The molecule has 1 aromatic heterocycles. The maximum absolute atomic E-state index is 10.6.